The molecule has 3 heteroatoms. The smallest absolute Gasteiger partial charge is 0.121 e. The lowest BCUT2D eigenvalue weighted by Gasteiger charge is -2.10. The summed E-state index contributed by atoms with van der Waals surface area (Å²) in [6.45, 7) is 5.90. The van der Waals surface area contributed by atoms with E-state index in [-0.39, 0.29) is 0 Å². The number of thiophene rings is 1. The highest BCUT2D eigenvalue weighted by Crippen LogP contribution is 2.25. The fraction of sp³-hybridized carbons (Fsp3) is 0.333. The van der Waals surface area contributed by atoms with Crippen LogP contribution in [-0.4, -0.2) is 19.9 Å². The predicted molar refractivity (Wildman–Crippen MR) is 106 cm³/mol. The van der Waals surface area contributed by atoms with Gasteiger partial charge in [0.15, 0.2) is 0 Å². The maximum Gasteiger partial charge on any atom is 0.121 e. The van der Waals surface area contributed by atoms with Crippen molar-refractivity contribution < 1.29 is 4.74 Å². The average Bonchev–Trinajstić information content (AvgIpc) is 3.12. The van der Waals surface area contributed by atoms with E-state index in [1.165, 1.54) is 16.0 Å². The summed E-state index contributed by atoms with van der Waals surface area (Å²) in [7, 11) is 3.57. The van der Waals surface area contributed by atoms with E-state index >= 15 is 0 Å². The third-order valence-corrected chi connectivity index (χ3v) is 5.05. The molecule has 1 aromatic carbocycles. The van der Waals surface area contributed by atoms with Gasteiger partial charge in [-0.05, 0) is 73.4 Å². The van der Waals surface area contributed by atoms with Gasteiger partial charge in [-0.15, -0.1) is 17.1 Å². The second-order valence-electron chi connectivity index (χ2n) is 5.69. The Bertz CT molecular complexity index is 737. The van der Waals surface area contributed by atoms with Gasteiger partial charge in [0, 0.05) is 23.2 Å². The molecule has 24 heavy (non-hydrogen) atoms. The third kappa shape index (κ3) is 4.70. The molecular weight excluding hydrogens is 314 g/mol. The highest BCUT2D eigenvalue weighted by atomic mass is 32.1. The summed E-state index contributed by atoms with van der Waals surface area (Å²) < 4.78 is 5.33. The topological polar surface area (TPSA) is 21.6 Å². The van der Waals surface area contributed by atoms with Gasteiger partial charge in [0.05, 0.1) is 7.11 Å². The monoisotopic (exact) mass is 339 g/mol. The molecule has 0 N–H and O–H groups in total. The minimum absolute atomic E-state index is 0.922. The number of hydrogen-bond acceptors (Lipinski definition) is 3. The zero-order chi connectivity index (χ0) is 17.4. The number of aryl methyl sites for hydroxylation is 1. The maximum absolute atomic E-state index is 5.33. The van der Waals surface area contributed by atoms with Gasteiger partial charge in [-0.1, -0.05) is 12.6 Å². The quantitative estimate of drug-likeness (QED) is 0.333. The van der Waals surface area contributed by atoms with Crippen LogP contribution in [0.3, 0.4) is 0 Å². The number of benzene rings is 1. The van der Waals surface area contributed by atoms with E-state index in [1.807, 2.05) is 13.1 Å². The standard InChI is InChI=1S/C21H25NOS/c1-5-17(21-11-8-14-24-21)9-6-7-10-19(22-3)18-12-13-20(23-4)16(2)15-18/h8,11-15H,1,6-7,9-10H2,2-4H3. The molecule has 0 aliphatic rings. The maximum atomic E-state index is 5.33. The van der Waals surface area contributed by atoms with E-state index in [1.54, 1.807) is 18.4 Å². The van der Waals surface area contributed by atoms with Crippen molar-refractivity contribution in [3.05, 3.63) is 64.0 Å². The Balaban J connectivity index is 1.90. The number of hydrogen-bond donors (Lipinski definition) is 0. The van der Waals surface area contributed by atoms with Crippen molar-refractivity contribution in [1.82, 2.24) is 0 Å². The van der Waals surface area contributed by atoms with E-state index in [0.717, 1.165) is 42.7 Å². The van der Waals surface area contributed by atoms with Crippen LogP contribution in [0.4, 0.5) is 0 Å². The second-order valence-corrected chi connectivity index (χ2v) is 6.64. The summed E-state index contributed by atoms with van der Waals surface area (Å²) in [5.41, 5.74) is 7.80. The van der Waals surface area contributed by atoms with E-state index in [4.69, 9.17) is 4.74 Å². The Morgan fingerprint density at radius 1 is 1.25 bits per heavy atom. The van der Waals surface area contributed by atoms with Gasteiger partial charge in [0.25, 0.3) is 0 Å². The molecule has 0 radical (unpaired) electrons. The summed E-state index contributed by atoms with van der Waals surface area (Å²) in [5.74, 6) is 0.922. The van der Waals surface area contributed by atoms with E-state index in [2.05, 4.69) is 53.9 Å². The van der Waals surface area contributed by atoms with Gasteiger partial charge in [-0.25, -0.2) is 0 Å². The Labute approximate surface area is 149 Å². The third-order valence-electron chi connectivity index (χ3n) is 4.12. The molecule has 2 nitrogen and oxygen atoms in total. The number of methoxy groups -OCH3 is 1. The van der Waals surface area contributed by atoms with Gasteiger partial charge in [0.1, 0.15) is 5.75 Å². The molecule has 0 fully saturated rings. The Morgan fingerprint density at radius 3 is 2.62 bits per heavy atom. The number of ether oxygens (including phenoxy) is 1. The van der Waals surface area contributed by atoms with Crippen molar-refractivity contribution in [3.63, 3.8) is 0 Å². The van der Waals surface area contributed by atoms with E-state index < -0.39 is 0 Å². The van der Waals surface area contributed by atoms with Crippen LogP contribution in [0.1, 0.15) is 41.7 Å². The van der Waals surface area contributed by atoms with Crippen molar-refractivity contribution in [2.75, 3.05) is 14.2 Å². The Hall–Kier alpha value is -2.09. The molecule has 126 valence electrons. The molecular formula is C21H25NOS. The van der Waals surface area contributed by atoms with Crippen LogP contribution in [-0.2, 0) is 0 Å². The lowest BCUT2D eigenvalue weighted by Crippen LogP contribution is -2.02. The number of unbranched alkanes of at least 4 members (excludes halogenated alkanes) is 1. The van der Waals surface area contributed by atoms with Gasteiger partial charge in [-0.2, -0.15) is 0 Å². The van der Waals surface area contributed by atoms with Crippen LogP contribution in [0.5, 0.6) is 5.75 Å². The van der Waals surface area contributed by atoms with Crippen LogP contribution in [0.2, 0.25) is 0 Å². The highest BCUT2D eigenvalue weighted by molar-refractivity contribution is 7.11. The molecule has 0 aliphatic carbocycles. The lowest BCUT2D eigenvalue weighted by atomic mass is 10.00. The molecule has 0 saturated heterocycles. The molecule has 1 aromatic heterocycles. The molecule has 1 heterocycles. The summed E-state index contributed by atoms with van der Waals surface area (Å²) in [5, 5.41) is 2.10. The van der Waals surface area contributed by atoms with Crippen LogP contribution < -0.4 is 4.74 Å². The molecule has 0 amide bonds. The minimum atomic E-state index is 0.922. The molecule has 0 aliphatic heterocycles. The van der Waals surface area contributed by atoms with Crippen molar-refractivity contribution in [2.24, 2.45) is 4.99 Å². The molecule has 2 aromatic rings. The second kappa shape index (κ2) is 9.27. The highest BCUT2D eigenvalue weighted by Gasteiger charge is 2.07. The largest absolute Gasteiger partial charge is 0.496 e. The Kier molecular flexibility index (Phi) is 7.05. The first-order valence-electron chi connectivity index (χ1n) is 8.23. The van der Waals surface area contributed by atoms with Crippen LogP contribution >= 0.6 is 11.3 Å². The van der Waals surface area contributed by atoms with Crippen molar-refractivity contribution in [1.29, 1.82) is 0 Å². The van der Waals surface area contributed by atoms with Gasteiger partial charge < -0.3 is 4.74 Å². The summed E-state index contributed by atoms with van der Waals surface area (Å²) >= 11 is 1.75. The predicted octanol–water partition coefficient (Wildman–Crippen LogP) is 5.91. The normalized spacial score (nSPS) is 11.2. The van der Waals surface area contributed by atoms with Crippen molar-refractivity contribution in [2.45, 2.75) is 32.6 Å². The Morgan fingerprint density at radius 2 is 2.04 bits per heavy atom. The van der Waals surface area contributed by atoms with Crippen molar-refractivity contribution >= 4 is 22.6 Å². The summed E-state index contributed by atoms with van der Waals surface area (Å²) in [6.07, 6.45) is 4.22. The fourth-order valence-electron chi connectivity index (χ4n) is 2.79. The first-order chi connectivity index (χ1) is 11.7. The molecule has 2 rings (SSSR count). The number of allylic oxidation sites excluding steroid dienone is 1. The zero-order valence-electron chi connectivity index (χ0n) is 14.8. The van der Waals surface area contributed by atoms with Crippen LogP contribution in [0.25, 0.3) is 5.57 Å². The molecule has 0 unspecified atom stereocenters. The number of aliphatic imine (C=N–C) groups is 1. The molecule has 0 bridgehead atoms. The first kappa shape index (κ1) is 18.3. The SMILES string of the molecule is C=C=C(CCCCC(=NC)c1ccc(OC)c(C)c1)c1cccs1. The number of nitrogens with zero attached hydrogens (tertiary/aromatic N) is 1. The van der Waals surface area contributed by atoms with Gasteiger partial charge in [0.2, 0.25) is 0 Å². The van der Waals surface area contributed by atoms with Gasteiger partial charge >= 0.3 is 0 Å². The molecule has 0 saturated carbocycles. The first-order valence-corrected chi connectivity index (χ1v) is 9.11. The van der Waals surface area contributed by atoms with E-state index in [9.17, 15) is 0 Å². The summed E-state index contributed by atoms with van der Waals surface area (Å²) in [4.78, 5) is 5.76. The lowest BCUT2D eigenvalue weighted by molar-refractivity contribution is 0.411. The fourth-order valence-corrected chi connectivity index (χ4v) is 3.56. The van der Waals surface area contributed by atoms with Crippen LogP contribution in [0, 0.1) is 6.92 Å². The van der Waals surface area contributed by atoms with Crippen molar-refractivity contribution in [3.8, 4) is 5.75 Å². The minimum Gasteiger partial charge on any atom is -0.496 e. The number of rotatable bonds is 8. The summed E-state index contributed by atoms with van der Waals surface area (Å²) in [6, 6.07) is 10.5. The van der Waals surface area contributed by atoms with E-state index in [0.29, 0.717) is 0 Å². The van der Waals surface area contributed by atoms with Crippen LogP contribution in [0.15, 0.2) is 53.0 Å². The average molecular weight is 340 g/mol. The molecule has 0 spiro atoms. The molecule has 0 atom stereocenters. The zero-order valence-corrected chi connectivity index (χ0v) is 15.6. The van der Waals surface area contributed by atoms with Gasteiger partial charge in [-0.3, -0.25) is 4.99 Å².